The Kier molecular flexibility index (Phi) is 4.11. The number of urea groups is 1. The summed E-state index contributed by atoms with van der Waals surface area (Å²) in [5, 5.41) is 4.48. The fourth-order valence-corrected chi connectivity index (χ4v) is 3.49. The summed E-state index contributed by atoms with van der Waals surface area (Å²) >= 11 is 0. The van der Waals surface area contributed by atoms with E-state index in [4.69, 9.17) is 0 Å². The van der Waals surface area contributed by atoms with Crippen LogP contribution in [0.4, 0.5) is 29.3 Å². The highest BCUT2D eigenvalue weighted by Crippen LogP contribution is 2.30. The molecule has 7 nitrogen and oxygen atoms in total. The van der Waals surface area contributed by atoms with Crippen molar-refractivity contribution in [1.29, 1.82) is 0 Å². The molecule has 2 aromatic carbocycles. The van der Waals surface area contributed by atoms with Crippen LogP contribution in [0.25, 0.3) is 0 Å². The molecule has 1 aliphatic rings. The molecule has 11 heteroatoms. The highest BCUT2D eigenvalue weighted by Gasteiger charge is 2.34. The molecule has 2 N–H and O–H groups in total. The average Bonchev–Trinajstić information content (AvgIpc) is 2.57. The number of nitrogens with one attached hydrogen (secondary N) is 2. The Hall–Kier alpha value is -3.08. The lowest BCUT2D eigenvalue weighted by atomic mass is 10.2. The lowest BCUT2D eigenvalue weighted by molar-refractivity contribution is 0.102. The zero-order valence-corrected chi connectivity index (χ0v) is 13.8. The largest absolute Gasteiger partial charge is 0.335 e. The monoisotopic (exact) mass is 385 g/mol. The van der Waals surface area contributed by atoms with E-state index in [1.807, 2.05) is 0 Å². The van der Waals surface area contributed by atoms with Crippen LogP contribution in [0, 0.1) is 17.5 Å². The standard InChI is InChI=1S/C15H10F3N3O4S/c1-21-15(23)20-11-3-2-7(4-12(11)26(21,24)25)14(22)19-8-5-9(16)13(18)10(17)6-8/h2-6H,1H3,(H,19,22)(H,20,23). The summed E-state index contributed by atoms with van der Waals surface area (Å²) in [6.45, 7) is 0. The Balaban J connectivity index is 1.95. The maximum absolute atomic E-state index is 13.2. The molecule has 0 fully saturated rings. The van der Waals surface area contributed by atoms with Crippen LogP contribution in [-0.2, 0) is 10.0 Å². The first-order valence-corrected chi connectivity index (χ1v) is 8.45. The summed E-state index contributed by atoms with van der Waals surface area (Å²) in [6, 6.07) is 3.74. The maximum Gasteiger partial charge on any atom is 0.335 e. The van der Waals surface area contributed by atoms with Gasteiger partial charge in [-0.15, -0.1) is 0 Å². The number of anilines is 2. The van der Waals surface area contributed by atoms with Gasteiger partial charge >= 0.3 is 6.03 Å². The topological polar surface area (TPSA) is 95.6 Å². The number of nitrogens with zero attached hydrogens (tertiary/aromatic N) is 1. The van der Waals surface area contributed by atoms with E-state index in [0.717, 1.165) is 13.1 Å². The predicted molar refractivity (Wildman–Crippen MR) is 84.7 cm³/mol. The van der Waals surface area contributed by atoms with Gasteiger partial charge in [0.1, 0.15) is 4.90 Å². The van der Waals surface area contributed by atoms with Crippen LogP contribution in [-0.4, -0.2) is 31.7 Å². The smallest absolute Gasteiger partial charge is 0.322 e. The number of carbonyl (C=O) groups excluding carboxylic acids is 2. The van der Waals surface area contributed by atoms with Crippen molar-refractivity contribution in [1.82, 2.24) is 4.31 Å². The maximum atomic E-state index is 13.2. The number of fused-ring (bicyclic) bond motifs is 1. The van der Waals surface area contributed by atoms with Gasteiger partial charge in [0.25, 0.3) is 15.9 Å². The normalized spacial score (nSPS) is 15.2. The Morgan fingerprint density at radius 3 is 2.35 bits per heavy atom. The fraction of sp³-hybridized carbons (Fsp3) is 0.0667. The van der Waals surface area contributed by atoms with Crippen LogP contribution in [0.2, 0.25) is 0 Å². The Morgan fingerprint density at radius 2 is 1.73 bits per heavy atom. The third-order valence-electron chi connectivity index (χ3n) is 3.65. The number of sulfonamides is 1. The van der Waals surface area contributed by atoms with Crippen LogP contribution < -0.4 is 10.6 Å². The van der Waals surface area contributed by atoms with Crippen molar-refractivity contribution in [2.24, 2.45) is 0 Å². The van der Waals surface area contributed by atoms with Gasteiger partial charge < -0.3 is 10.6 Å². The molecule has 0 spiro atoms. The molecule has 1 heterocycles. The third kappa shape index (κ3) is 2.86. The van der Waals surface area contributed by atoms with Crippen molar-refractivity contribution < 1.29 is 31.2 Å². The third-order valence-corrected chi connectivity index (χ3v) is 5.43. The molecule has 0 saturated carbocycles. The number of rotatable bonds is 2. The molecule has 2 aromatic rings. The van der Waals surface area contributed by atoms with Crippen molar-refractivity contribution in [3.8, 4) is 0 Å². The van der Waals surface area contributed by atoms with Crippen molar-refractivity contribution in [2.75, 3.05) is 17.7 Å². The molecular weight excluding hydrogens is 375 g/mol. The summed E-state index contributed by atoms with van der Waals surface area (Å²) in [4.78, 5) is 23.5. The molecule has 0 aromatic heterocycles. The first-order valence-electron chi connectivity index (χ1n) is 7.01. The Bertz CT molecular complexity index is 1030. The number of carbonyl (C=O) groups is 2. The zero-order chi connectivity index (χ0) is 19.2. The van der Waals surface area contributed by atoms with E-state index in [1.165, 1.54) is 12.1 Å². The first-order chi connectivity index (χ1) is 12.1. The van der Waals surface area contributed by atoms with Gasteiger partial charge in [-0.05, 0) is 18.2 Å². The van der Waals surface area contributed by atoms with Crippen LogP contribution in [0.3, 0.4) is 0 Å². The predicted octanol–water partition coefficient (Wildman–Crippen LogP) is 2.52. The Morgan fingerprint density at radius 1 is 1.12 bits per heavy atom. The minimum Gasteiger partial charge on any atom is -0.322 e. The molecular formula is C15H10F3N3O4S. The van der Waals surface area contributed by atoms with Crippen molar-refractivity contribution in [3.05, 3.63) is 53.3 Å². The van der Waals surface area contributed by atoms with Gasteiger partial charge in [0.15, 0.2) is 17.5 Å². The van der Waals surface area contributed by atoms with E-state index in [0.29, 0.717) is 16.4 Å². The molecule has 3 rings (SSSR count). The number of halogens is 3. The molecule has 0 bridgehead atoms. The second-order valence-electron chi connectivity index (χ2n) is 5.32. The molecule has 26 heavy (non-hydrogen) atoms. The number of amides is 3. The van der Waals surface area contributed by atoms with Gasteiger partial charge in [0.05, 0.1) is 5.69 Å². The van der Waals surface area contributed by atoms with E-state index >= 15 is 0 Å². The zero-order valence-electron chi connectivity index (χ0n) is 13.0. The quantitative estimate of drug-likeness (QED) is 0.777. The minimum absolute atomic E-state index is 0.0106. The molecule has 136 valence electrons. The van der Waals surface area contributed by atoms with E-state index < -0.39 is 39.4 Å². The van der Waals surface area contributed by atoms with Crippen molar-refractivity contribution >= 4 is 33.3 Å². The van der Waals surface area contributed by atoms with Gasteiger partial charge in [-0.25, -0.2) is 30.7 Å². The van der Waals surface area contributed by atoms with Gasteiger partial charge in [-0.3, -0.25) is 4.79 Å². The summed E-state index contributed by atoms with van der Waals surface area (Å²) in [6.07, 6.45) is 0. The molecule has 1 aliphatic heterocycles. The first kappa shape index (κ1) is 17.7. The van der Waals surface area contributed by atoms with Crippen LogP contribution in [0.5, 0.6) is 0 Å². The van der Waals surface area contributed by atoms with Gasteiger partial charge in [-0.1, -0.05) is 0 Å². The second kappa shape index (κ2) is 6.02. The van der Waals surface area contributed by atoms with Crippen molar-refractivity contribution in [2.45, 2.75) is 4.90 Å². The van der Waals surface area contributed by atoms with E-state index in [2.05, 4.69) is 10.6 Å². The van der Waals surface area contributed by atoms with Gasteiger partial charge in [-0.2, -0.15) is 0 Å². The highest BCUT2D eigenvalue weighted by molar-refractivity contribution is 7.90. The van der Waals surface area contributed by atoms with E-state index in [1.54, 1.807) is 0 Å². The van der Waals surface area contributed by atoms with Gasteiger partial charge in [0.2, 0.25) is 0 Å². The van der Waals surface area contributed by atoms with Gasteiger partial charge in [0, 0.05) is 30.4 Å². The van der Waals surface area contributed by atoms with Crippen LogP contribution in [0.1, 0.15) is 10.4 Å². The van der Waals surface area contributed by atoms with Crippen molar-refractivity contribution in [3.63, 3.8) is 0 Å². The number of hydrogen-bond acceptors (Lipinski definition) is 4. The van der Waals surface area contributed by atoms with E-state index in [9.17, 15) is 31.2 Å². The highest BCUT2D eigenvalue weighted by atomic mass is 32.2. The van der Waals surface area contributed by atoms with Crippen LogP contribution in [0.15, 0.2) is 35.2 Å². The summed E-state index contributed by atoms with van der Waals surface area (Å²) in [5.41, 5.74) is -0.511. The molecule has 0 atom stereocenters. The van der Waals surface area contributed by atoms with Crippen LogP contribution >= 0.6 is 0 Å². The average molecular weight is 385 g/mol. The van der Waals surface area contributed by atoms with E-state index in [-0.39, 0.29) is 21.8 Å². The summed E-state index contributed by atoms with van der Waals surface area (Å²) in [5.74, 6) is -5.54. The lowest BCUT2D eigenvalue weighted by Gasteiger charge is -2.25. The molecule has 3 amide bonds. The number of benzene rings is 2. The fourth-order valence-electron chi connectivity index (χ4n) is 2.26. The summed E-state index contributed by atoms with van der Waals surface area (Å²) < 4.78 is 64.4. The summed E-state index contributed by atoms with van der Waals surface area (Å²) in [7, 11) is -3.10. The molecule has 0 unspecified atom stereocenters. The molecule has 0 radical (unpaired) electrons. The number of hydrogen-bond donors (Lipinski definition) is 2. The lowest BCUT2D eigenvalue weighted by Crippen LogP contribution is -2.41. The SMILES string of the molecule is CN1C(=O)Nc2ccc(C(=O)Nc3cc(F)c(F)c(F)c3)cc2S1(=O)=O. The molecule has 0 aliphatic carbocycles. The Labute approximate surface area is 145 Å². The second-order valence-corrected chi connectivity index (χ2v) is 7.26. The molecule has 0 saturated heterocycles. The minimum atomic E-state index is -4.15.